The van der Waals surface area contributed by atoms with Gasteiger partial charge in [-0.25, -0.2) is 8.78 Å². The van der Waals surface area contributed by atoms with Gasteiger partial charge in [0.1, 0.15) is 11.6 Å². The van der Waals surface area contributed by atoms with Crippen molar-refractivity contribution in [2.45, 2.75) is 13.5 Å². The molecule has 0 amide bonds. The van der Waals surface area contributed by atoms with Crippen molar-refractivity contribution in [3.05, 3.63) is 64.7 Å². The zero-order valence-electron chi connectivity index (χ0n) is 11.4. The first-order valence-corrected chi connectivity index (χ1v) is 6.28. The molecule has 110 valence electrons. The predicted molar refractivity (Wildman–Crippen MR) is 77.4 cm³/mol. The highest BCUT2D eigenvalue weighted by Crippen LogP contribution is 2.18. The third kappa shape index (κ3) is 3.28. The molecule has 0 radical (unpaired) electrons. The van der Waals surface area contributed by atoms with E-state index in [1.165, 1.54) is 12.1 Å². The summed E-state index contributed by atoms with van der Waals surface area (Å²) in [7, 11) is 0. The van der Waals surface area contributed by atoms with Gasteiger partial charge < -0.3 is 16.3 Å². The molecule has 0 saturated carbocycles. The lowest BCUT2D eigenvalue weighted by atomic mass is 10.1. The Morgan fingerprint density at radius 2 is 2.05 bits per heavy atom. The molecule has 2 rings (SSSR count). The number of rotatable bonds is 4. The summed E-state index contributed by atoms with van der Waals surface area (Å²) in [5, 5.41) is 14.2. The van der Waals surface area contributed by atoms with Crippen molar-refractivity contribution in [1.82, 2.24) is 0 Å². The summed E-state index contributed by atoms with van der Waals surface area (Å²) in [4.78, 5) is 0. The first-order valence-electron chi connectivity index (χ1n) is 6.28. The minimum absolute atomic E-state index is 0.00109. The van der Waals surface area contributed by atoms with E-state index in [0.29, 0.717) is 5.56 Å². The molecule has 0 fully saturated rings. The van der Waals surface area contributed by atoms with Crippen molar-refractivity contribution in [1.29, 1.82) is 0 Å². The van der Waals surface area contributed by atoms with Gasteiger partial charge in [0.05, 0.1) is 11.3 Å². The Balaban J connectivity index is 2.21. The van der Waals surface area contributed by atoms with Crippen LogP contribution in [0.15, 0.2) is 41.6 Å². The molecule has 0 atom stereocenters. The van der Waals surface area contributed by atoms with Crippen LogP contribution < -0.4 is 11.1 Å². The monoisotopic (exact) mass is 291 g/mol. The van der Waals surface area contributed by atoms with E-state index in [4.69, 9.17) is 10.9 Å². The van der Waals surface area contributed by atoms with Crippen LogP contribution in [0.2, 0.25) is 0 Å². The standard InChI is InChI=1S/C15H15F2N3O/c1-9-5-6-13(12(16)7-9)19-8-10-3-2-4-11(14(10)17)15(18)20-21/h2-7,19,21H,8H2,1H3,(H2,18,20). The number of nitrogens with two attached hydrogens (primary N) is 1. The second kappa shape index (κ2) is 6.21. The van der Waals surface area contributed by atoms with Gasteiger partial charge in [-0.1, -0.05) is 23.4 Å². The molecule has 0 unspecified atom stereocenters. The second-order valence-electron chi connectivity index (χ2n) is 4.60. The highest BCUT2D eigenvalue weighted by atomic mass is 19.1. The van der Waals surface area contributed by atoms with Crippen LogP contribution >= 0.6 is 0 Å². The fourth-order valence-corrected chi connectivity index (χ4v) is 1.92. The summed E-state index contributed by atoms with van der Waals surface area (Å²) >= 11 is 0. The molecule has 2 aromatic rings. The summed E-state index contributed by atoms with van der Waals surface area (Å²) in [6, 6.07) is 9.28. The smallest absolute Gasteiger partial charge is 0.173 e. The number of hydrogen-bond donors (Lipinski definition) is 3. The summed E-state index contributed by atoms with van der Waals surface area (Å²) < 4.78 is 27.9. The Bertz CT molecular complexity index is 687. The molecule has 0 spiro atoms. The summed E-state index contributed by atoms with van der Waals surface area (Å²) in [6.07, 6.45) is 0. The van der Waals surface area contributed by atoms with Crippen LogP contribution in [0.25, 0.3) is 0 Å². The Kier molecular flexibility index (Phi) is 4.37. The van der Waals surface area contributed by atoms with Gasteiger partial charge in [-0.2, -0.15) is 0 Å². The molecule has 2 aromatic carbocycles. The van der Waals surface area contributed by atoms with Crippen LogP contribution in [0.1, 0.15) is 16.7 Å². The topological polar surface area (TPSA) is 70.6 Å². The van der Waals surface area contributed by atoms with Crippen molar-refractivity contribution in [2.75, 3.05) is 5.32 Å². The van der Waals surface area contributed by atoms with Crippen LogP contribution in [-0.4, -0.2) is 11.0 Å². The van der Waals surface area contributed by atoms with Crippen LogP contribution in [0.3, 0.4) is 0 Å². The van der Waals surface area contributed by atoms with Gasteiger partial charge in [0.2, 0.25) is 0 Å². The quantitative estimate of drug-likeness (QED) is 0.351. The lowest BCUT2D eigenvalue weighted by Crippen LogP contribution is -2.16. The predicted octanol–water partition coefficient (Wildman–Crippen LogP) is 2.98. The van der Waals surface area contributed by atoms with Crippen LogP contribution in [0, 0.1) is 18.6 Å². The number of halogens is 2. The number of aryl methyl sites for hydroxylation is 1. The molecular formula is C15H15F2N3O. The van der Waals surface area contributed by atoms with Gasteiger partial charge in [-0.05, 0) is 30.7 Å². The molecule has 0 heterocycles. The molecule has 0 bridgehead atoms. The zero-order valence-corrected chi connectivity index (χ0v) is 11.4. The fourth-order valence-electron chi connectivity index (χ4n) is 1.92. The number of nitrogens with one attached hydrogen (secondary N) is 1. The Labute approximate surface area is 120 Å². The third-order valence-electron chi connectivity index (χ3n) is 3.06. The molecule has 0 saturated heterocycles. The van der Waals surface area contributed by atoms with Crippen molar-refractivity contribution < 1.29 is 14.0 Å². The number of anilines is 1. The molecule has 0 aliphatic rings. The summed E-state index contributed by atoms with van der Waals surface area (Å²) in [5.74, 6) is -1.31. The maximum absolute atomic E-state index is 14.2. The molecule has 0 aliphatic carbocycles. The van der Waals surface area contributed by atoms with Crippen molar-refractivity contribution in [2.24, 2.45) is 10.9 Å². The minimum atomic E-state index is -0.604. The Hall–Kier alpha value is -2.63. The molecular weight excluding hydrogens is 276 g/mol. The molecule has 6 heteroatoms. The summed E-state index contributed by atoms with van der Waals surface area (Å²) in [6.45, 7) is 1.87. The number of benzene rings is 2. The van der Waals surface area contributed by atoms with Crippen molar-refractivity contribution in [3.63, 3.8) is 0 Å². The van der Waals surface area contributed by atoms with Crippen molar-refractivity contribution >= 4 is 11.5 Å². The molecule has 0 aromatic heterocycles. The second-order valence-corrected chi connectivity index (χ2v) is 4.60. The van der Waals surface area contributed by atoms with Gasteiger partial charge in [0.25, 0.3) is 0 Å². The highest BCUT2D eigenvalue weighted by Gasteiger charge is 2.12. The maximum atomic E-state index is 14.2. The van der Waals surface area contributed by atoms with Crippen molar-refractivity contribution in [3.8, 4) is 0 Å². The molecule has 4 N–H and O–H groups in total. The highest BCUT2D eigenvalue weighted by molar-refractivity contribution is 5.97. The molecule has 0 aliphatic heterocycles. The van der Waals surface area contributed by atoms with Gasteiger partial charge >= 0.3 is 0 Å². The van der Waals surface area contributed by atoms with E-state index < -0.39 is 11.6 Å². The van der Waals surface area contributed by atoms with E-state index in [-0.39, 0.29) is 23.6 Å². The summed E-state index contributed by atoms with van der Waals surface area (Å²) in [5.41, 5.74) is 6.77. The Morgan fingerprint density at radius 1 is 1.29 bits per heavy atom. The van der Waals surface area contributed by atoms with E-state index >= 15 is 0 Å². The molecule has 4 nitrogen and oxygen atoms in total. The van der Waals surface area contributed by atoms with E-state index in [0.717, 1.165) is 5.56 Å². The van der Waals surface area contributed by atoms with E-state index in [9.17, 15) is 8.78 Å². The lowest BCUT2D eigenvalue weighted by Gasteiger charge is -2.11. The maximum Gasteiger partial charge on any atom is 0.173 e. The average molecular weight is 291 g/mol. The van der Waals surface area contributed by atoms with Gasteiger partial charge in [-0.15, -0.1) is 0 Å². The zero-order chi connectivity index (χ0) is 15.4. The number of nitrogens with zero attached hydrogens (tertiary/aromatic N) is 1. The van der Waals surface area contributed by atoms with Crippen LogP contribution in [0.5, 0.6) is 0 Å². The largest absolute Gasteiger partial charge is 0.409 e. The first-order chi connectivity index (χ1) is 10.0. The fraction of sp³-hybridized carbons (Fsp3) is 0.133. The molecule has 21 heavy (non-hydrogen) atoms. The van der Waals surface area contributed by atoms with Gasteiger partial charge in [0.15, 0.2) is 5.84 Å². The third-order valence-corrected chi connectivity index (χ3v) is 3.06. The average Bonchev–Trinajstić information content (AvgIpc) is 2.47. The SMILES string of the molecule is Cc1ccc(NCc2cccc(/C(N)=N/O)c2F)c(F)c1. The van der Waals surface area contributed by atoms with E-state index in [2.05, 4.69) is 10.5 Å². The lowest BCUT2D eigenvalue weighted by molar-refractivity contribution is 0.318. The van der Waals surface area contributed by atoms with Gasteiger partial charge in [-0.3, -0.25) is 0 Å². The normalized spacial score (nSPS) is 11.5. The number of amidine groups is 1. The number of hydrogen-bond acceptors (Lipinski definition) is 3. The van der Waals surface area contributed by atoms with Gasteiger partial charge in [0, 0.05) is 12.1 Å². The number of oxime groups is 1. The van der Waals surface area contributed by atoms with E-state index in [1.807, 2.05) is 0 Å². The minimum Gasteiger partial charge on any atom is -0.409 e. The first kappa shape index (κ1) is 14.8. The van der Waals surface area contributed by atoms with Crippen LogP contribution in [0.4, 0.5) is 14.5 Å². The van der Waals surface area contributed by atoms with E-state index in [1.54, 1.807) is 31.2 Å². The Morgan fingerprint density at radius 3 is 2.71 bits per heavy atom. The van der Waals surface area contributed by atoms with Crippen LogP contribution in [-0.2, 0) is 6.54 Å².